The van der Waals surface area contributed by atoms with Gasteiger partial charge in [-0.15, -0.1) is 11.3 Å². The van der Waals surface area contributed by atoms with Crippen molar-refractivity contribution in [3.8, 4) is 5.75 Å². The molecule has 0 radical (unpaired) electrons. The van der Waals surface area contributed by atoms with Crippen LogP contribution in [0.1, 0.15) is 128 Å². The number of halogens is 1. The topological polar surface area (TPSA) is 278 Å². The van der Waals surface area contributed by atoms with Gasteiger partial charge >= 0.3 is 0 Å². The first-order valence-corrected chi connectivity index (χ1v) is 38.7. The number of nitrogens with zero attached hydrogens (tertiary/aromatic N) is 3. The molecule has 0 unspecified atom stereocenters. The number of hydrogen-bond donors (Lipinski definition) is 8. The first-order valence-electron chi connectivity index (χ1n) is 35.0. The van der Waals surface area contributed by atoms with Gasteiger partial charge < -0.3 is 36.2 Å². The van der Waals surface area contributed by atoms with Gasteiger partial charge in [-0.3, -0.25) is 29.8 Å². The van der Waals surface area contributed by atoms with Gasteiger partial charge in [0.15, 0.2) is 0 Å². The third-order valence-corrected chi connectivity index (χ3v) is 23.0. The molecule has 102 heavy (non-hydrogen) atoms. The number of rotatable bonds is 33. The van der Waals surface area contributed by atoms with Crippen LogP contribution in [0.25, 0.3) is 10.2 Å². The molecular weight excluding hydrogens is 1350 g/mol. The van der Waals surface area contributed by atoms with Crippen LogP contribution in [0, 0.1) is 42.3 Å². The van der Waals surface area contributed by atoms with E-state index in [0.29, 0.717) is 0 Å². The van der Waals surface area contributed by atoms with Crippen LogP contribution in [0.2, 0.25) is 0 Å². The minimum absolute atomic E-state index is 0.00811. The standard InChI is InChI=1S/C39H50FN5O5S2.C39H54N4O6S/c1-25(2)23-45(52(49,50)30-15-16-31-34(21-30)51-26(3)42-31)24-33(46)32(19-27-11-8-7-9-12-27)43-37(48)36(38(4,5)6)44-35(47)22-41-39(17-18-39)28-13-10-14-29(40)20-28;1-27(2)25-43(50(47,48)32-18-16-28(3)17-19-32)26-34(44)33(22-29-12-9-8-10-13-29)41-37(46)36(38(4,5)6)42-35(45)24-40-39(20-21-39)30-14-11-15-31(23-30)49-7/h7-16,20-21,25,32-33,36,41,46H,17-19,22-24H2,1-6H3,(H,43,48)(H,44,47);8-19,23,27,33-34,36,40,44H,20-22,24-26H2,1-7H3,(H,41,46)(H,42,45)/t32-,33+,36+;33-,34+,36+/m00/s1. The van der Waals surface area contributed by atoms with Gasteiger partial charge in [0, 0.05) is 37.3 Å². The third kappa shape index (κ3) is 22.0. The van der Waals surface area contributed by atoms with Gasteiger partial charge in [-0.2, -0.15) is 8.61 Å². The molecule has 2 saturated carbocycles. The van der Waals surface area contributed by atoms with Gasteiger partial charge in [0.2, 0.25) is 43.7 Å². The Balaban J connectivity index is 0.000000259. The normalized spacial score (nSPS) is 16.1. The van der Waals surface area contributed by atoms with E-state index in [1.54, 1.807) is 49.6 Å². The maximum Gasteiger partial charge on any atom is 0.243 e. The Morgan fingerprint density at radius 3 is 1.41 bits per heavy atom. The van der Waals surface area contributed by atoms with E-state index in [2.05, 4.69) is 36.9 Å². The zero-order chi connectivity index (χ0) is 74.5. The molecule has 2 aliphatic rings. The highest BCUT2D eigenvalue weighted by Crippen LogP contribution is 2.47. The molecule has 24 heteroatoms. The molecule has 1 heterocycles. The fourth-order valence-corrected chi connectivity index (χ4v) is 16.6. The van der Waals surface area contributed by atoms with E-state index in [0.717, 1.165) is 74.5 Å². The molecule has 2 aliphatic carbocycles. The number of benzene rings is 6. The van der Waals surface area contributed by atoms with Gasteiger partial charge in [-0.1, -0.05) is 172 Å². The number of carbonyl (C=O) groups excluding carboxylic acids is 4. The fraction of sp³-hybridized carbons (Fsp3) is 0.474. The van der Waals surface area contributed by atoms with E-state index in [-0.39, 0.29) is 91.0 Å². The Bertz CT molecular complexity index is 4200. The van der Waals surface area contributed by atoms with Gasteiger partial charge in [-0.25, -0.2) is 26.2 Å². The number of aliphatic hydroxyl groups is 2. The van der Waals surface area contributed by atoms with E-state index in [1.807, 2.05) is 174 Å². The number of sulfonamides is 2. The molecule has 0 bridgehead atoms. The van der Waals surface area contributed by atoms with Crippen molar-refractivity contribution in [3.63, 3.8) is 0 Å². The zero-order valence-corrected chi connectivity index (χ0v) is 63.5. The van der Waals surface area contributed by atoms with Crippen molar-refractivity contribution in [2.45, 2.75) is 179 Å². The van der Waals surface area contributed by atoms with Crippen molar-refractivity contribution in [1.29, 1.82) is 0 Å². The highest BCUT2D eigenvalue weighted by Gasteiger charge is 2.47. The molecule has 0 spiro atoms. The molecule has 7 aromatic rings. The third-order valence-electron chi connectivity index (χ3n) is 18.4. The van der Waals surface area contributed by atoms with Crippen LogP contribution in [0.3, 0.4) is 0 Å². The van der Waals surface area contributed by atoms with Gasteiger partial charge in [0.25, 0.3) is 0 Å². The number of aryl methyl sites for hydroxylation is 2. The molecular formula is C78H104FN9O11S3. The van der Waals surface area contributed by atoms with Crippen molar-refractivity contribution in [3.05, 3.63) is 190 Å². The summed E-state index contributed by atoms with van der Waals surface area (Å²) in [6, 6.07) is 40.7. The predicted octanol–water partition coefficient (Wildman–Crippen LogP) is 9.84. The molecule has 1 aromatic heterocycles. The summed E-state index contributed by atoms with van der Waals surface area (Å²) in [6.07, 6.45) is 1.19. The Hall–Kier alpha value is -7.52. The van der Waals surface area contributed by atoms with Crippen molar-refractivity contribution in [2.75, 3.05) is 46.4 Å². The van der Waals surface area contributed by atoms with E-state index in [9.17, 15) is 50.6 Å². The lowest BCUT2D eigenvalue weighted by Crippen LogP contribution is -2.59. The van der Waals surface area contributed by atoms with Crippen LogP contribution in [-0.2, 0) is 63.1 Å². The quantitative estimate of drug-likeness (QED) is 0.0190. The Morgan fingerprint density at radius 2 is 0.990 bits per heavy atom. The lowest BCUT2D eigenvalue weighted by atomic mass is 9.85. The van der Waals surface area contributed by atoms with Crippen LogP contribution >= 0.6 is 11.3 Å². The van der Waals surface area contributed by atoms with Crippen molar-refractivity contribution < 1.29 is 55.4 Å². The summed E-state index contributed by atoms with van der Waals surface area (Å²) in [5, 5.41) is 42.8. The highest BCUT2D eigenvalue weighted by molar-refractivity contribution is 7.89. The molecule has 4 amide bonds. The summed E-state index contributed by atoms with van der Waals surface area (Å²) < 4.78 is 78.4. The first-order chi connectivity index (χ1) is 48.0. The molecule has 0 saturated heterocycles. The Labute approximate surface area is 606 Å². The molecule has 20 nitrogen and oxygen atoms in total. The second-order valence-corrected chi connectivity index (χ2v) is 35.3. The van der Waals surface area contributed by atoms with Crippen LogP contribution in [-0.4, -0.2) is 147 Å². The molecule has 8 N–H and O–H groups in total. The SMILES string of the molecule is COc1cccc(C2(NCC(=O)N[C@H](C(=O)N[C@@H](Cc3ccccc3)[C@H](O)CN(CC(C)C)S(=O)(=O)c3ccc(C)cc3)C(C)(C)C)CC2)c1.Cc1nc2ccc(S(=O)(=O)N(CC(C)C)C[C@@H](O)[C@H](Cc3ccccc3)NC(=O)[C@@H](NC(=O)CNC3(c4cccc(F)c4)CC3)C(C)(C)C)cc2s1. The van der Waals surface area contributed by atoms with Crippen molar-refractivity contribution in [2.24, 2.45) is 22.7 Å². The lowest BCUT2D eigenvalue weighted by Gasteiger charge is -2.34. The van der Waals surface area contributed by atoms with E-state index in [1.165, 1.54) is 38.1 Å². The number of nitrogens with one attached hydrogen (secondary N) is 6. The number of hydrogen-bond acceptors (Lipinski definition) is 15. The average Bonchev–Trinajstić information content (AvgIpc) is 1.62. The summed E-state index contributed by atoms with van der Waals surface area (Å²) in [5.41, 5.74) is 2.97. The summed E-state index contributed by atoms with van der Waals surface area (Å²) in [4.78, 5) is 59.5. The molecule has 2 fully saturated rings. The highest BCUT2D eigenvalue weighted by atomic mass is 32.2. The van der Waals surface area contributed by atoms with Crippen LogP contribution in [0.5, 0.6) is 5.75 Å². The fourth-order valence-electron chi connectivity index (χ4n) is 12.4. The summed E-state index contributed by atoms with van der Waals surface area (Å²) in [7, 11) is -6.37. The summed E-state index contributed by atoms with van der Waals surface area (Å²) in [6.45, 7) is 22.3. The molecule has 9 rings (SSSR count). The predicted molar refractivity (Wildman–Crippen MR) is 399 cm³/mol. The number of thiazole rings is 1. The number of carbonyl (C=O) groups is 4. The maximum atomic E-state index is 14.1. The number of amides is 4. The summed E-state index contributed by atoms with van der Waals surface area (Å²) >= 11 is 1.41. The second-order valence-electron chi connectivity index (χ2n) is 30.2. The minimum Gasteiger partial charge on any atom is -0.497 e. The maximum absolute atomic E-state index is 14.1. The van der Waals surface area contributed by atoms with Crippen LogP contribution in [0.4, 0.5) is 4.39 Å². The summed E-state index contributed by atoms with van der Waals surface area (Å²) in [5.74, 6) is -1.36. The largest absolute Gasteiger partial charge is 0.497 e. The Morgan fingerprint density at radius 1 is 0.559 bits per heavy atom. The van der Waals surface area contributed by atoms with Crippen LogP contribution in [0.15, 0.2) is 161 Å². The zero-order valence-electron chi connectivity index (χ0n) is 61.1. The molecule has 6 aromatic carbocycles. The van der Waals surface area contributed by atoms with Gasteiger partial charge in [-0.05, 0) is 152 Å². The molecule has 552 valence electrons. The lowest BCUT2D eigenvalue weighted by molar-refractivity contribution is -0.132. The number of fused-ring (bicyclic) bond motifs is 1. The van der Waals surface area contributed by atoms with Gasteiger partial charge in [0.05, 0.1) is 69.5 Å². The van der Waals surface area contributed by atoms with E-state index in [4.69, 9.17) is 4.74 Å². The monoisotopic (exact) mass is 1460 g/mol. The Kier molecular flexibility index (Phi) is 27.0. The molecule has 6 atom stereocenters. The number of ether oxygens (including phenoxy) is 1. The van der Waals surface area contributed by atoms with Gasteiger partial charge in [0.1, 0.15) is 23.7 Å². The van der Waals surface area contributed by atoms with E-state index >= 15 is 0 Å². The van der Waals surface area contributed by atoms with E-state index < -0.39 is 90.5 Å². The van der Waals surface area contributed by atoms with Crippen molar-refractivity contribution >= 4 is 65.2 Å². The minimum atomic E-state index is -4.04. The number of aromatic nitrogens is 1. The number of aliphatic hydroxyl groups excluding tert-OH is 2. The second kappa shape index (κ2) is 34.4. The number of methoxy groups -OCH3 is 1. The first kappa shape index (κ1) is 80.2. The van der Waals surface area contributed by atoms with Crippen LogP contribution < -0.4 is 36.6 Å². The smallest absolute Gasteiger partial charge is 0.243 e. The average molecular weight is 1460 g/mol. The molecule has 0 aliphatic heterocycles. The van der Waals surface area contributed by atoms with Crippen molar-refractivity contribution in [1.82, 2.24) is 45.5 Å².